The summed E-state index contributed by atoms with van der Waals surface area (Å²) >= 11 is 0. The van der Waals surface area contributed by atoms with Crippen LogP contribution in [0.4, 0.5) is 0 Å². The molecule has 0 bridgehead atoms. The second kappa shape index (κ2) is 39.0. The summed E-state index contributed by atoms with van der Waals surface area (Å²) in [6, 6.07) is 11.8. The largest absolute Gasteiger partial charge is 0.496 e. The molecule has 0 saturated heterocycles. The molecule has 0 aliphatic carbocycles. The smallest absolute Gasteiger partial charge is 0.127 e. The van der Waals surface area contributed by atoms with Crippen LogP contribution >= 0.6 is 0 Å². The van der Waals surface area contributed by atoms with E-state index < -0.39 is 0 Å². The van der Waals surface area contributed by atoms with Gasteiger partial charge in [-0.2, -0.15) is 0 Å². The Morgan fingerprint density at radius 2 is 0.847 bits per heavy atom. The predicted molar refractivity (Wildman–Crippen MR) is 228 cm³/mol. The molecule has 2 aromatic rings. The second-order valence-electron chi connectivity index (χ2n) is 12.5. The predicted octanol–water partition coefficient (Wildman–Crippen LogP) is 4.82. The van der Waals surface area contributed by atoms with E-state index in [1.165, 1.54) is 0 Å². The van der Waals surface area contributed by atoms with Crippen molar-refractivity contribution in [3.63, 3.8) is 0 Å². The molecule has 0 aliphatic heterocycles. The number of hydrogen-bond acceptors (Lipinski definition) is 15. The molecule has 2 aromatic carbocycles. The van der Waals surface area contributed by atoms with Crippen LogP contribution in [0.1, 0.15) is 29.5 Å². The monoisotopic (exact) mass is 837 g/mol. The van der Waals surface area contributed by atoms with Gasteiger partial charge in [0.25, 0.3) is 0 Å². The third-order valence-electron chi connectivity index (χ3n) is 8.05. The zero-order chi connectivity index (χ0) is 42.1. The molecule has 0 aliphatic rings. The lowest BCUT2D eigenvalue weighted by Gasteiger charge is -2.14. The number of nitrogens with two attached hydrogens (primary N) is 1. The minimum Gasteiger partial charge on any atom is -0.496 e. The van der Waals surface area contributed by atoms with Crippen molar-refractivity contribution in [1.82, 2.24) is 0 Å². The average molecular weight is 838 g/mol. The van der Waals surface area contributed by atoms with Gasteiger partial charge < -0.3 is 72.0 Å². The molecule has 0 spiro atoms. The Labute approximate surface area is 352 Å². The van der Waals surface area contributed by atoms with E-state index in [0.29, 0.717) is 170 Å². The summed E-state index contributed by atoms with van der Waals surface area (Å²) in [5.41, 5.74) is 8.31. The minimum atomic E-state index is 0.376. The van der Waals surface area contributed by atoms with Crippen molar-refractivity contribution in [3.05, 3.63) is 59.7 Å². The van der Waals surface area contributed by atoms with E-state index in [1.807, 2.05) is 48.6 Å². The average Bonchev–Trinajstić information content (AvgIpc) is 3.26. The van der Waals surface area contributed by atoms with Crippen LogP contribution in [0.5, 0.6) is 17.2 Å². The highest BCUT2D eigenvalue weighted by Gasteiger charge is 2.09. The van der Waals surface area contributed by atoms with Gasteiger partial charge in [-0.25, -0.2) is 0 Å². The molecule has 0 amide bonds. The van der Waals surface area contributed by atoms with Gasteiger partial charge in [-0.1, -0.05) is 36.9 Å². The normalized spacial score (nSPS) is 11.4. The van der Waals surface area contributed by atoms with Gasteiger partial charge >= 0.3 is 0 Å². The summed E-state index contributed by atoms with van der Waals surface area (Å²) in [6.45, 7) is 16.2. The fourth-order valence-corrected chi connectivity index (χ4v) is 4.91. The van der Waals surface area contributed by atoms with E-state index in [2.05, 4.69) is 6.58 Å². The lowest BCUT2D eigenvalue weighted by molar-refractivity contribution is -0.0273. The van der Waals surface area contributed by atoms with Gasteiger partial charge in [0.15, 0.2) is 0 Å². The van der Waals surface area contributed by atoms with E-state index in [1.54, 1.807) is 20.3 Å². The van der Waals surface area contributed by atoms with Crippen LogP contribution in [0.25, 0.3) is 18.2 Å². The second-order valence-corrected chi connectivity index (χ2v) is 12.5. The first-order valence-electron chi connectivity index (χ1n) is 20.6. The SMILES string of the molecule is C=Cc1cc(OCCOCCOCCOCCOCCOCCOCCOCCOCCOCCOCCOC)c(/C=C/c2ccc(OCCCCN)cc2)cc1OC. The zero-order valence-corrected chi connectivity index (χ0v) is 35.6. The summed E-state index contributed by atoms with van der Waals surface area (Å²) < 4.78 is 77.5. The Bertz CT molecular complexity index is 1280. The van der Waals surface area contributed by atoms with Gasteiger partial charge in [-0.05, 0) is 49.2 Å². The van der Waals surface area contributed by atoms with Crippen molar-refractivity contribution in [3.8, 4) is 17.2 Å². The quantitative estimate of drug-likeness (QED) is 0.0717. The molecule has 0 saturated carbocycles. The van der Waals surface area contributed by atoms with Crippen LogP contribution in [0.2, 0.25) is 0 Å². The molecule has 0 aromatic heterocycles. The Morgan fingerprint density at radius 3 is 1.24 bits per heavy atom. The van der Waals surface area contributed by atoms with E-state index in [0.717, 1.165) is 35.3 Å². The van der Waals surface area contributed by atoms with Crippen molar-refractivity contribution in [2.45, 2.75) is 12.8 Å². The molecular formula is C44H71NO14. The van der Waals surface area contributed by atoms with Crippen LogP contribution in [-0.4, -0.2) is 173 Å². The molecule has 336 valence electrons. The van der Waals surface area contributed by atoms with E-state index in [9.17, 15) is 0 Å². The molecule has 0 radical (unpaired) electrons. The van der Waals surface area contributed by atoms with Gasteiger partial charge in [0, 0.05) is 18.2 Å². The van der Waals surface area contributed by atoms with Crippen LogP contribution in [-0.2, 0) is 52.1 Å². The van der Waals surface area contributed by atoms with Gasteiger partial charge in [0.2, 0.25) is 0 Å². The maximum absolute atomic E-state index is 6.11. The Hall–Kier alpha value is -3.16. The van der Waals surface area contributed by atoms with Crippen LogP contribution < -0.4 is 19.9 Å². The third-order valence-corrected chi connectivity index (χ3v) is 8.05. The first-order valence-corrected chi connectivity index (χ1v) is 20.6. The number of methoxy groups -OCH3 is 2. The standard InChI is InChI=1S/C44H71NO14/c1-4-40-37-44(41(38-43(40)47-3)10-7-39-8-11-42(12-9-39)58-14-6-5-13-45)59-36-35-57-34-33-56-32-31-55-30-29-54-28-27-53-26-25-52-24-23-51-22-21-50-20-19-49-18-17-48-16-15-46-2/h4,7-12,37-38H,1,5-6,13-36,45H2,2-3H3/b10-7+. The molecule has 2 N–H and O–H groups in total. The van der Waals surface area contributed by atoms with E-state index in [-0.39, 0.29) is 0 Å². The fraction of sp³-hybridized carbons (Fsp3) is 0.636. The maximum Gasteiger partial charge on any atom is 0.127 e. The molecule has 59 heavy (non-hydrogen) atoms. The lowest BCUT2D eigenvalue weighted by atomic mass is 10.1. The van der Waals surface area contributed by atoms with Crippen molar-refractivity contribution in [2.24, 2.45) is 5.73 Å². The van der Waals surface area contributed by atoms with Crippen molar-refractivity contribution < 1.29 is 66.3 Å². The van der Waals surface area contributed by atoms with Gasteiger partial charge in [0.05, 0.1) is 152 Å². The van der Waals surface area contributed by atoms with E-state index in [4.69, 9.17) is 72.0 Å². The maximum atomic E-state index is 6.11. The van der Waals surface area contributed by atoms with Crippen LogP contribution in [0.15, 0.2) is 43.0 Å². The number of unbranched alkanes of at least 4 members (excludes halogenated alkanes) is 1. The minimum absolute atomic E-state index is 0.376. The number of benzene rings is 2. The molecule has 15 nitrogen and oxygen atoms in total. The summed E-state index contributed by atoms with van der Waals surface area (Å²) in [5.74, 6) is 2.26. The topological polar surface area (TPSA) is 155 Å². The summed E-state index contributed by atoms with van der Waals surface area (Å²) in [6.07, 6.45) is 7.66. The van der Waals surface area contributed by atoms with Gasteiger partial charge in [0.1, 0.15) is 23.9 Å². The molecule has 0 unspecified atom stereocenters. The van der Waals surface area contributed by atoms with Gasteiger partial charge in [-0.3, -0.25) is 0 Å². The molecule has 2 rings (SSSR count). The first kappa shape index (κ1) is 52.0. The first-order chi connectivity index (χ1) is 29.2. The summed E-state index contributed by atoms with van der Waals surface area (Å²) in [4.78, 5) is 0. The molecule has 0 atom stereocenters. The van der Waals surface area contributed by atoms with Crippen LogP contribution in [0.3, 0.4) is 0 Å². The van der Waals surface area contributed by atoms with Crippen molar-refractivity contribution in [2.75, 3.05) is 173 Å². The summed E-state index contributed by atoms with van der Waals surface area (Å²) in [5, 5.41) is 0. The zero-order valence-electron chi connectivity index (χ0n) is 35.6. The van der Waals surface area contributed by atoms with Crippen LogP contribution in [0, 0.1) is 0 Å². The molecule has 0 heterocycles. The fourth-order valence-electron chi connectivity index (χ4n) is 4.91. The Kier molecular flexibility index (Phi) is 34.4. The van der Waals surface area contributed by atoms with Crippen molar-refractivity contribution >= 4 is 18.2 Å². The Balaban J connectivity index is 1.38. The van der Waals surface area contributed by atoms with Crippen molar-refractivity contribution in [1.29, 1.82) is 0 Å². The highest BCUT2D eigenvalue weighted by molar-refractivity contribution is 5.75. The highest BCUT2D eigenvalue weighted by Crippen LogP contribution is 2.31. The number of ether oxygens (including phenoxy) is 14. The Morgan fingerprint density at radius 1 is 0.441 bits per heavy atom. The number of rotatable bonds is 43. The van der Waals surface area contributed by atoms with E-state index >= 15 is 0 Å². The molecular weight excluding hydrogens is 766 g/mol. The van der Waals surface area contributed by atoms with Gasteiger partial charge in [-0.15, -0.1) is 0 Å². The highest BCUT2D eigenvalue weighted by atomic mass is 16.6. The number of hydrogen-bond donors (Lipinski definition) is 1. The summed E-state index contributed by atoms with van der Waals surface area (Å²) in [7, 11) is 3.28. The molecule has 15 heteroatoms. The lowest BCUT2D eigenvalue weighted by Crippen LogP contribution is -2.15. The third kappa shape index (κ3) is 28.9. The molecule has 0 fully saturated rings.